The molecule has 11 heteroatoms. The molecule has 0 bridgehead atoms. The zero-order valence-corrected chi connectivity index (χ0v) is 19.0. The van der Waals surface area contributed by atoms with Crippen molar-refractivity contribution in [3.8, 4) is 11.1 Å². The lowest BCUT2D eigenvalue weighted by Gasteiger charge is -2.31. The number of piperazine rings is 1. The highest BCUT2D eigenvalue weighted by atomic mass is 16.2. The molecule has 1 saturated heterocycles. The van der Waals surface area contributed by atoms with Gasteiger partial charge in [0.05, 0.1) is 18.3 Å². The van der Waals surface area contributed by atoms with Crippen molar-refractivity contribution in [2.24, 2.45) is 0 Å². The third-order valence-electron chi connectivity index (χ3n) is 6.26. The standard InChI is InChI=1S/C20H26B4N6O/c1-29-2-4-30(5-3-29)10-15(31)27-14-7-11-6-12(8-25-13(11)9-26-14)16-17(21)18(22)20(24)28-19(16)23/h6-9H,2-5,10,21-24H2,1H3,(H,26,27,31). The van der Waals surface area contributed by atoms with Crippen molar-refractivity contribution < 1.29 is 4.79 Å². The Morgan fingerprint density at radius 2 is 1.74 bits per heavy atom. The number of likely N-dealkylation sites (N-methyl/N-ethyl adjacent to an activating group) is 1. The van der Waals surface area contributed by atoms with Crippen LogP contribution in [0.15, 0.2) is 24.5 Å². The number of hydrogen-bond donors (Lipinski definition) is 1. The van der Waals surface area contributed by atoms with Crippen LogP contribution in [-0.4, -0.2) is 102 Å². The zero-order valence-electron chi connectivity index (χ0n) is 19.0. The number of pyridine rings is 3. The number of nitrogens with one attached hydrogen (secondary N) is 1. The van der Waals surface area contributed by atoms with E-state index in [2.05, 4.69) is 53.9 Å². The van der Waals surface area contributed by atoms with Crippen molar-refractivity contribution in [1.29, 1.82) is 0 Å². The first kappa shape index (κ1) is 21.6. The number of amides is 1. The monoisotopic (exact) mass is 410 g/mol. The van der Waals surface area contributed by atoms with E-state index in [-0.39, 0.29) is 5.91 Å². The molecule has 4 heterocycles. The second-order valence-corrected chi connectivity index (χ2v) is 8.52. The Kier molecular flexibility index (Phi) is 6.16. The number of carbonyl (C=O) groups is 1. The van der Waals surface area contributed by atoms with Gasteiger partial charge in [-0.2, -0.15) is 0 Å². The highest BCUT2D eigenvalue weighted by Crippen LogP contribution is 2.21. The topological polar surface area (TPSA) is 74.2 Å². The van der Waals surface area contributed by atoms with Gasteiger partial charge in [0.25, 0.3) is 0 Å². The lowest BCUT2D eigenvalue weighted by atomic mass is 9.70. The number of hydrogen-bond acceptors (Lipinski definition) is 6. The number of fused-ring (bicyclic) bond motifs is 1. The van der Waals surface area contributed by atoms with Crippen LogP contribution < -0.4 is 27.4 Å². The first-order valence-electron chi connectivity index (χ1n) is 10.7. The van der Waals surface area contributed by atoms with Gasteiger partial charge in [0.15, 0.2) is 15.7 Å². The molecular formula is C20H26B4N6O. The van der Waals surface area contributed by atoms with Gasteiger partial charge in [0, 0.05) is 48.9 Å². The van der Waals surface area contributed by atoms with Crippen LogP contribution >= 0.6 is 0 Å². The van der Waals surface area contributed by atoms with Gasteiger partial charge in [-0.1, -0.05) is 10.9 Å². The average molecular weight is 410 g/mol. The Labute approximate surface area is 186 Å². The second kappa shape index (κ2) is 8.85. The van der Waals surface area contributed by atoms with Gasteiger partial charge in [0.1, 0.15) is 21.5 Å². The van der Waals surface area contributed by atoms with Gasteiger partial charge < -0.3 is 10.2 Å². The Morgan fingerprint density at radius 3 is 2.48 bits per heavy atom. The van der Waals surface area contributed by atoms with E-state index in [1.54, 1.807) is 6.20 Å². The molecule has 1 amide bonds. The normalized spacial score (nSPS) is 15.3. The molecule has 0 saturated carbocycles. The maximum Gasteiger partial charge on any atom is 0.239 e. The molecule has 154 valence electrons. The molecule has 1 aliphatic heterocycles. The Bertz CT molecular complexity index is 1150. The first-order chi connectivity index (χ1) is 14.8. The van der Waals surface area contributed by atoms with E-state index >= 15 is 0 Å². The average Bonchev–Trinajstić information content (AvgIpc) is 2.73. The van der Waals surface area contributed by atoms with Crippen LogP contribution in [0.4, 0.5) is 5.82 Å². The largest absolute Gasteiger partial charge is 0.310 e. The SMILES string of the molecule is Bc1nc(B)c(-c2cnc3cnc(NC(=O)CN4CCN(C)CC4)cc3c2)c(B)c1B. The van der Waals surface area contributed by atoms with Crippen LogP contribution in [0.2, 0.25) is 0 Å². The maximum absolute atomic E-state index is 12.5. The Hall–Kier alpha value is -2.64. The molecule has 0 atom stereocenters. The highest BCUT2D eigenvalue weighted by molar-refractivity contribution is 6.59. The van der Waals surface area contributed by atoms with Crippen LogP contribution in [0.1, 0.15) is 0 Å². The predicted molar refractivity (Wildman–Crippen MR) is 138 cm³/mol. The Morgan fingerprint density at radius 1 is 1.00 bits per heavy atom. The minimum atomic E-state index is -0.0365. The number of aromatic nitrogens is 3. The van der Waals surface area contributed by atoms with Crippen LogP contribution in [0.3, 0.4) is 0 Å². The summed E-state index contributed by atoms with van der Waals surface area (Å²) in [7, 11) is 10.4. The van der Waals surface area contributed by atoms with Crippen molar-refractivity contribution in [3.05, 3.63) is 24.5 Å². The first-order valence-corrected chi connectivity index (χ1v) is 10.7. The number of anilines is 1. The molecule has 7 nitrogen and oxygen atoms in total. The van der Waals surface area contributed by atoms with E-state index in [4.69, 9.17) is 4.98 Å². The van der Waals surface area contributed by atoms with Crippen LogP contribution in [-0.2, 0) is 4.79 Å². The van der Waals surface area contributed by atoms with Gasteiger partial charge in [-0.15, -0.1) is 0 Å². The van der Waals surface area contributed by atoms with Gasteiger partial charge in [-0.05, 0) is 30.3 Å². The summed E-state index contributed by atoms with van der Waals surface area (Å²) in [6.45, 7) is 4.18. The molecule has 31 heavy (non-hydrogen) atoms. The minimum absolute atomic E-state index is 0.0365. The van der Waals surface area contributed by atoms with Crippen LogP contribution in [0, 0.1) is 0 Å². The van der Waals surface area contributed by atoms with E-state index in [0.717, 1.165) is 59.4 Å². The van der Waals surface area contributed by atoms with Crippen molar-refractivity contribution in [3.63, 3.8) is 0 Å². The quantitative estimate of drug-likeness (QED) is 0.435. The molecule has 0 unspecified atom stereocenters. The van der Waals surface area contributed by atoms with Crippen molar-refractivity contribution in [2.45, 2.75) is 0 Å². The summed E-state index contributed by atoms with van der Waals surface area (Å²) < 4.78 is 0. The van der Waals surface area contributed by atoms with Gasteiger partial charge in [-0.25, -0.2) is 4.98 Å². The molecule has 0 spiro atoms. The molecule has 1 aliphatic rings. The number of rotatable bonds is 4. The van der Waals surface area contributed by atoms with E-state index < -0.39 is 0 Å². The third-order valence-corrected chi connectivity index (χ3v) is 6.26. The second-order valence-electron chi connectivity index (χ2n) is 8.52. The number of nitrogens with zero attached hydrogens (tertiary/aromatic N) is 5. The van der Waals surface area contributed by atoms with E-state index in [9.17, 15) is 4.79 Å². The summed E-state index contributed by atoms with van der Waals surface area (Å²) in [6.07, 6.45) is 3.59. The molecule has 0 aromatic carbocycles. The van der Waals surface area contributed by atoms with Crippen LogP contribution in [0.5, 0.6) is 0 Å². The molecule has 0 aliphatic carbocycles. The predicted octanol–water partition coefficient (Wildman–Crippen LogP) is -5.09. The summed E-state index contributed by atoms with van der Waals surface area (Å²) in [5.74, 6) is 0.516. The molecule has 3 aromatic rings. The summed E-state index contributed by atoms with van der Waals surface area (Å²) in [4.78, 5) is 30.6. The fourth-order valence-corrected chi connectivity index (χ4v) is 4.17. The fourth-order valence-electron chi connectivity index (χ4n) is 4.17. The molecule has 1 fully saturated rings. The summed E-state index contributed by atoms with van der Waals surface area (Å²) in [5.41, 5.74) is 7.42. The van der Waals surface area contributed by atoms with Crippen molar-refractivity contribution in [1.82, 2.24) is 24.8 Å². The molecule has 3 aromatic heterocycles. The van der Waals surface area contributed by atoms with E-state index in [0.29, 0.717) is 12.4 Å². The van der Waals surface area contributed by atoms with Gasteiger partial charge in [0.2, 0.25) is 5.91 Å². The highest BCUT2D eigenvalue weighted by Gasteiger charge is 2.17. The molecular weight excluding hydrogens is 384 g/mol. The molecule has 0 radical (unpaired) electrons. The summed E-state index contributed by atoms with van der Waals surface area (Å²) in [6, 6.07) is 4.00. The summed E-state index contributed by atoms with van der Waals surface area (Å²) >= 11 is 0. The maximum atomic E-state index is 12.5. The van der Waals surface area contributed by atoms with Gasteiger partial charge in [-0.3, -0.25) is 19.7 Å². The number of carbonyl (C=O) groups excluding carboxylic acids is 1. The summed E-state index contributed by atoms with van der Waals surface area (Å²) in [5, 5.41) is 3.89. The Balaban J connectivity index is 1.57. The minimum Gasteiger partial charge on any atom is -0.310 e. The molecule has 1 N–H and O–H groups in total. The van der Waals surface area contributed by atoms with Crippen molar-refractivity contribution in [2.75, 3.05) is 45.1 Å². The third kappa shape index (κ3) is 4.67. The van der Waals surface area contributed by atoms with E-state index in [1.165, 1.54) is 10.9 Å². The van der Waals surface area contributed by atoms with E-state index in [1.807, 2.05) is 28.0 Å². The van der Waals surface area contributed by atoms with Crippen LogP contribution in [0.25, 0.3) is 22.0 Å². The zero-order chi connectivity index (χ0) is 22.1. The van der Waals surface area contributed by atoms with Crippen molar-refractivity contribution >= 4 is 76.1 Å². The smallest absolute Gasteiger partial charge is 0.239 e. The molecule has 4 rings (SSSR count). The lowest BCUT2D eigenvalue weighted by Crippen LogP contribution is -2.47. The van der Waals surface area contributed by atoms with Gasteiger partial charge >= 0.3 is 0 Å². The fraction of sp³-hybridized carbons (Fsp3) is 0.300. The lowest BCUT2D eigenvalue weighted by molar-refractivity contribution is -0.117.